The van der Waals surface area contributed by atoms with Crippen molar-refractivity contribution in [3.63, 3.8) is 0 Å². The second-order valence-corrected chi connectivity index (χ2v) is 3.36. The van der Waals surface area contributed by atoms with E-state index in [-0.39, 0.29) is 6.10 Å². The number of nitrogens with zero attached hydrogens (tertiary/aromatic N) is 2. The number of aliphatic hydroxyl groups excluding tert-OH is 1. The highest BCUT2D eigenvalue weighted by molar-refractivity contribution is 9.10. The third kappa shape index (κ3) is 2.63. The van der Waals surface area contributed by atoms with E-state index < -0.39 is 0 Å². The van der Waals surface area contributed by atoms with E-state index in [1.165, 1.54) is 0 Å². The maximum atomic E-state index is 9.24. The molecule has 62 valence electrons. The Labute approximate surface area is 74.2 Å². The van der Waals surface area contributed by atoms with E-state index in [0.29, 0.717) is 6.54 Å². The summed E-state index contributed by atoms with van der Waals surface area (Å²) in [6.45, 7) is 2.52. The fraction of sp³-hybridized carbons (Fsp3) is 0.571. The summed E-state index contributed by atoms with van der Waals surface area (Å²) in [5.41, 5.74) is 0. The molecular formula is C7H11BrN2O. The zero-order valence-electron chi connectivity index (χ0n) is 6.37. The van der Waals surface area contributed by atoms with Crippen molar-refractivity contribution in [1.82, 2.24) is 9.78 Å². The summed E-state index contributed by atoms with van der Waals surface area (Å²) in [7, 11) is 0. The molecule has 0 aromatic carbocycles. The quantitative estimate of drug-likeness (QED) is 0.834. The molecule has 0 aliphatic carbocycles. The lowest BCUT2D eigenvalue weighted by Gasteiger charge is -2.06. The lowest BCUT2D eigenvalue weighted by molar-refractivity contribution is 0.145. The van der Waals surface area contributed by atoms with Crippen LogP contribution in [0.2, 0.25) is 0 Å². The van der Waals surface area contributed by atoms with Crippen LogP contribution >= 0.6 is 15.9 Å². The zero-order chi connectivity index (χ0) is 8.27. The van der Waals surface area contributed by atoms with Gasteiger partial charge in [0.25, 0.3) is 0 Å². The Hall–Kier alpha value is -0.350. The Kier molecular flexibility index (Phi) is 3.08. The molecule has 0 saturated heterocycles. The van der Waals surface area contributed by atoms with Crippen LogP contribution in [0, 0.1) is 0 Å². The molecule has 1 rings (SSSR count). The molecule has 0 radical (unpaired) electrons. The third-order valence-electron chi connectivity index (χ3n) is 1.47. The molecule has 0 spiro atoms. The number of aromatic nitrogens is 2. The number of hydrogen-bond donors (Lipinski definition) is 1. The second kappa shape index (κ2) is 3.88. The fourth-order valence-corrected chi connectivity index (χ4v) is 1.11. The van der Waals surface area contributed by atoms with Crippen molar-refractivity contribution in [3.8, 4) is 0 Å². The summed E-state index contributed by atoms with van der Waals surface area (Å²) >= 11 is 3.28. The first-order chi connectivity index (χ1) is 5.22. The largest absolute Gasteiger partial charge is 0.391 e. The number of halogens is 1. The van der Waals surface area contributed by atoms with Gasteiger partial charge in [-0.2, -0.15) is 5.10 Å². The Bertz CT molecular complexity index is 224. The fourth-order valence-electron chi connectivity index (χ4n) is 0.783. The molecule has 0 saturated carbocycles. The molecule has 1 aromatic heterocycles. The van der Waals surface area contributed by atoms with E-state index in [1.54, 1.807) is 10.9 Å². The third-order valence-corrected chi connectivity index (χ3v) is 1.88. The van der Waals surface area contributed by atoms with E-state index in [4.69, 9.17) is 0 Å². The van der Waals surface area contributed by atoms with Crippen molar-refractivity contribution in [2.75, 3.05) is 0 Å². The van der Waals surface area contributed by atoms with Crippen molar-refractivity contribution >= 4 is 15.9 Å². The molecule has 1 atom stereocenters. The van der Waals surface area contributed by atoms with Crippen molar-refractivity contribution in [2.45, 2.75) is 26.0 Å². The number of hydrogen-bond acceptors (Lipinski definition) is 2. The molecule has 1 aromatic rings. The Morgan fingerprint density at radius 2 is 2.55 bits per heavy atom. The second-order valence-electron chi connectivity index (χ2n) is 2.44. The monoisotopic (exact) mass is 218 g/mol. The average molecular weight is 219 g/mol. The van der Waals surface area contributed by atoms with Crippen molar-refractivity contribution in [2.24, 2.45) is 0 Å². The van der Waals surface area contributed by atoms with E-state index in [2.05, 4.69) is 21.0 Å². The highest BCUT2D eigenvalue weighted by Crippen LogP contribution is 2.06. The molecule has 0 amide bonds. The summed E-state index contributed by atoms with van der Waals surface area (Å²) < 4.78 is 2.67. The first-order valence-corrected chi connectivity index (χ1v) is 4.37. The van der Waals surface area contributed by atoms with Gasteiger partial charge in [0.05, 0.1) is 23.3 Å². The highest BCUT2D eigenvalue weighted by Gasteiger charge is 2.02. The van der Waals surface area contributed by atoms with Crippen LogP contribution in [-0.2, 0) is 6.54 Å². The van der Waals surface area contributed by atoms with Crippen LogP contribution in [0.25, 0.3) is 0 Å². The van der Waals surface area contributed by atoms with Gasteiger partial charge < -0.3 is 5.11 Å². The smallest absolute Gasteiger partial charge is 0.0733 e. The minimum atomic E-state index is -0.290. The summed E-state index contributed by atoms with van der Waals surface area (Å²) in [6, 6.07) is 0. The van der Waals surface area contributed by atoms with Gasteiger partial charge in [-0.05, 0) is 22.4 Å². The van der Waals surface area contributed by atoms with Gasteiger partial charge in [0.1, 0.15) is 0 Å². The van der Waals surface area contributed by atoms with Crippen LogP contribution in [0.4, 0.5) is 0 Å². The maximum Gasteiger partial charge on any atom is 0.0733 e. The number of rotatable bonds is 3. The molecule has 11 heavy (non-hydrogen) atoms. The molecule has 3 nitrogen and oxygen atoms in total. The van der Waals surface area contributed by atoms with Crippen molar-refractivity contribution in [3.05, 3.63) is 16.9 Å². The zero-order valence-corrected chi connectivity index (χ0v) is 7.95. The Morgan fingerprint density at radius 1 is 1.82 bits per heavy atom. The molecule has 1 heterocycles. The van der Waals surface area contributed by atoms with Gasteiger partial charge in [-0.1, -0.05) is 6.92 Å². The van der Waals surface area contributed by atoms with Crippen LogP contribution in [0.3, 0.4) is 0 Å². The van der Waals surface area contributed by atoms with Gasteiger partial charge in [-0.15, -0.1) is 0 Å². The molecule has 0 aliphatic rings. The molecule has 0 unspecified atom stereocenters. The van der Waals surface area contributed by atoms with Crippen LogP contribution in [0.15, 0.2) is 16.9 Å². The first-order valence-electron chi connectivity index (χ1n) is 3.58. The van der Waals surface area contributed by atoms with E-state index >= 15 is 0 Å². The van der Waals surface area contributed by atoms with Crippen LogP contribution in [-0.4, -0.2) is 21.0 Å². The summed E-state index contributed by atoms with van der Waals surface area (Å²) in [4.78, 5) is 0. The van der Waals surface area contributed by atoms with Crippen LogP contribution in [0.5, 0.6) is 0 Å². The standard InChI is InChI=1S/C7H11BrN2O/c1-2-7(11)5-10-4-6(8)3-9-10/h3-4,7,11H,2,5H2,1H3/t7-/m1/s1. The average Bonchev–Trinajstić information content (AvgIpc) is 2.35. The molecular weight excluding hydrogens is 208 g/mol. The van der Waals surface area contributed by atoms with Gasteiger partial charge >= 0.3 is 0 Å². The van der Waals surface area contributed by atoms with Crippen LogP contribution < -0.4 is 0 Å². The maximum absolute atomic E-state index is 9.24. The van der Waals surface area contributed by atoms with Gasteiger partial charge in [0, 0.05) is 6.20 Å². The van der Waals surface area contributed by atoms with E-state index in [0.717, 1.165) is 10.9 Å². The Morgan fingerprint density at radius 3 is 3.00 bits per heavy atom. The van der Waals surface area contributed by atoms with Gasteiger partial charge in [-0.3, -0.25) is 4.68 Å². The molecule has 4 heteroatoms. The van der Waals surface area contributed by atoms with Crippen LogP contribution in [0.1, 0.15) is 13.3 Å². The van der Waals surface area contributed by atoms with Gasteiger partial charge in [0.2, 0.25) is 0 Å². The van der Waals surface area contributed by atoms with E-state index in [9.17, 15) is 5.11 Å². The Balaban J connectivity index is 2.50. The lowest BCUT2D eigenvalue weighted by Crippen LogP contribution is -2.14. The molecule has 0 aliphatic heterocycles. The van der Waals surface area contributed by atoms with Crippen molar-refractivity contribution < 1.29 is 5.11 Å². The topological polar surface area (TPSA) is 38.0 Å². The highest BCUT2D eigenvalue weighted by atomic mass is 79.9. The predicted octanol–water partition coefficient (Wildman–Crippen LogP) is 1.42. The lowest BCUT2D eigenvalue weighted by atomic mass is 10.3. The van der Waals surface area contributed by atoms with Gasteiger partial charge in [0.15, 0.2) is 0 Å². The number of aliphatic hydroxyl groups is 1. The normalized spacial score (nSPS) is 13.4. The first kappa shape index (κ1) is 8.74. The molecule has 1 N–H and O–H groups in total. The SMILES string of the molecule is CC[C@@H](O)Cn1cc(Br)cn1. The summed E-state index contributed by atoms with van der Waals surface area (Å²) in [5.74, 6) is 0. The van der Waals surface area contributed by atoms with E-state index in [1.807, 2.05) is 13.1 Å². The minimum absolute atomic E-state index is 0.290. The summed E-state index contributed by atoms with van der Waals surface area (Å²) in [6.07, 6.45) is 4.03. The van der Waals surface area contributed by atoms with Crippen molar-refractivity contribution in [1.29, 1.82) is 0 Å². The molecule has 0 fully saturated rings. The predicted molar refractivity (Wildman–Crippen MR) is 46.2 cm³/mol. The molecule has 0 bridgehead atoms. The minimum Gasteiger partial charge on any atom is -0.391 e. The van der Waals surface area contributed by atoms with Gasteiger partial charge in [-0.25, -0.2) is 0 Å². The summed E-state index contributed by atoms with van der Waals surface area (Å²) in [5, 5.41) is 13.3.